The summed E-state index contributed by atoms with van der Waals surface area (Å²) in [6.07, 6.45) is -0.707. The van der Waals surface area contributed by atoms with Crippen LogP contribution < -0.4 is 4.74 Å². The lowest BCUT2D eigenvalue weighted by Gasteiger charge is -2.14. The fraction of sp³-hybridized carbons (Fsp3) is 0.308. The summed E-state index contributed by atoms with van der Waals surface area (Å²) >= 11 is 0. The molecule has 1 heterocycles. The zero-order valence-corrected chi connectivity index (χ0v) is 10.8. The molecular formula is C13H13NO6. The molecule has 106 valence electrons. The van der Waals surface area contributed by atoms with Crippen molar-refractivity contribution < 1.29 is 29.0 Å². The lowest BCUT2D eigenvalue weighted by Crippen LogP contribution is -2.35. The van der Waals surface area contributed by atoms with E-state index in [1.54, 1.807) is 19.1 Å². The minimum absolute atomic E-state index is 0.0261. The van der Waals surface area contributed by atoms with Crippen LogP contribution in [-0.4, -0.2) is 47.7 Å². The Kier molecular flexibility index (Phi) is 3.88. The maximum atomic E-state index is 11.8. The number of hydrogen-bond donors (Lipinski definition) is 1. The molecule has 0 aliphatic carbocycles. The molecule has 1 fully saturated rings. The predicted molar refractivity (Wildman–Crippen MR) is 66.7 cm³/mol. The SMILES string of the molecule is Cc1cccc(C(=O)O)c1OCC(=O)N1CCOC1=O. The Morgan fingerprint density at radius 2 is 2.20 bits per heavy atom. The summed E-state index contributed by atoms with van der Waals surface area (Å²) < 4.78 is 9.91. The van der Waals surface area contributed by atoms with E-state index in [0.29, 0.717) is 5.56 Å². The number of para-hydroxylation sites is 1. The topological polar surface area (TPSA) is 93.1 Å². The highest BCUT2D eigenvalue weighted by Crippen LogP contribution is 2.23. The Bertz CT molecular complexity index is 568. The molecule has 0 saturated carbocycles. The van der Waals surface area contributed by atoms with E-state index >= 15 is 0 Å². The average Bonchev–Trinajstić information content (AvgIpc) is 2.83. The van der Waals surface area contributed by atoms with Crippen molar-refractivity contribution in [3.63, 3.8) is 0 Å². The van der Waals surface area contributed by atoms with E-state index in [-0.39, 0.29) is 24.5 Å². The third kappa shape index (κ3) is 2.71. The van der Waals surface area contributed by atoms with E-state index in [1.165, 1.54) is 6.07 Å². The monoisotopic (exact) mass is 279 g/mol. The van der Waals surface area contributed by atoms with E-state index < -0.39 is 24.6 Å². The number of benzene rings is 1. The summed E-state index contributed by atoms with van der Waals surface area (Å²) in [6.45, 7) is 1.60. The Morgan fingerprint density at radius 3 is 2.80 bits per heavy atom. The molecule has 0 unspecified atom stereocenters. The number of carbonyl (C=O) groups excluding carboxylic acids is 2. The number of aryl methyl sites for hydroxylation is 1. The second kappa shape index (κ2) is 5.60. The zero-order chi connectivity index (χ0) is 14.7. The molecule has 1 aromatic rings. The molecular weight excluding hydrogens is 266 g/mol. The molecule has 1 aromatic carbocycles. The van der Waals surface area contributed by atoms with Gasteiger partial charge in [-0.1, -0.05) is 12.1 Å². The van der Waals surface area contributed by atoms with E-state index in [2.05, 4.69) is 4.74 Å². The molecule has 20 heavy (non-hydrogen) atoms. The molecule has 2 rings (SSSR count). The van der Waals surface area contributed by atoms with Crippen molar-refractivity contribution in [1.29, 1.82) is 0 Å². The molecule has 7 heteroatoms. The number of ether oxygens (including phenoxy) is 2. The van der Waals surface area contributed by atoms with Gasteiger partial charge < -0.3 is 14.6 Å². The number of hydrogen-bond acceptors (Lipinski definition) is 5. The second-order valence-electron chi connectivity index (χ2n) is 4.21. The minimum atomic E-state index is -1.14. The molecule has 0 spiro atoms. The summed E-state index contributed by atoms with van der Waals surface area (Å²) in [6, 6.07) is 4.65. The van der Waals surface area contributed by atoms with Gasteiger partial charge in [-0.3, -0.25) is 4.79 Å². The van der Waals surface area contributed by atoms with E-state index in [9.17, 15) is 14.4 Å². The lowest BCUT2D eigenvalue weighted by molar-refractivity contribution is -0.129. The molecule has 7 nitrogen and oxygen atoms in total. The number of rotatable bonds is 4. The van der Waals surface area contributed by atoms with Gasteiger partial charge in [0.1, 0.15) is 17.9 Å². The van der Waals surface area contributed by atoms with Crippen molar-refractivity contribution in [3.05, 3.63) is 29.3 Å². The van der Waals surface area contributed by atoms with Crippen molar-refractivity contribution in [2.24, 2.45) is 0 Å². The molecule has 2 amide bonds. The fourth-order valence-electron chi connectivity index (χ4n) is 1.84. The normalized spacial score (nSPS) is 14.1. The molecule has 1 aliphatic heterocycles. The highest BCUT2D eigenvalue weighted by atomic mass is 16.6. The highest BCUT2D eigenvalue weighted by molar-refractivity contribution is 5.94. The summed E-state index contributed by atoms with van der Waals surface area (Å²) in [5.74, 6) is -1.58. The van der Waals surface area contributed by atoms with Crippen molar-refractivity contribution in [2.75, 3.05) is 19.8 Å². The van der Waals surface area contributed by atoms with Crippen LogP contribution in [0.25, 0.3) is 0 Å². The number of carboxylic acid groups (broad SMARTS) is 1. The number of amides is 2. The summed E-state index contributed by atoms with van der Waals surface area (Å²) in [5.41, 5.74) is 0.573. The maximum absolute atomic E-state index is 11.8. The Morgan fingerprint density at radius 1 is 1.45 bits per heavy atom. The molecule has 1 N–H and O–H groups in total. The maximum Gasteiger partial charge on any atom is 0.416 e. The van der Waals surface area contributed by atoms with E-state index in [0.717, 1.165) is 4.90 Å². The van der Waals surface area contributed by atoms with Gasteiger partial charge in [0.15, 0.2) is 6.61 Å². The standard InChI is InChI=1S/C13H13NO6/c1-8-3-2-4-9(12(16)17)11(8)20-7-10(15)14-5-6-19-13(14)18/h2-4H,5-7H2,1H3,(H,16,17). The zero-order valence-electron chi connectivity index (χ0n) is 10.8. The molecule has 0 radical (unpaired) electrons. The van der Waals surface area contributed by atoms with Gasteiger partial charge >= 0.3 is 12.1 Å². The summed E-state index contributed by atoms with van der Waals surface area (Å²) in [5, 5.41) is 9.06. The first kappa shape index (κ1) is 13.9. The first-order valence-corrected chi connectivity index (χ1v) is 5.93. The fourth-order valence-corrected chi connectivity index (χ4v) is 1.84. The lowest BCUT2D eigenvalue weighted by atomic mass is 10.1. The third-order valence-electron chi connectivity index (χ3n) is 2.84. The van der Waals surface area contributed by atoms with Gasteiger partial charge in [0.25, 0.3) is 5.91 Å². The van der Waals surface area contributed by atoms with Crippen LogP contribution >= 0.6 is 0 Å². The van der Waals surface area contributed by atoms with Gasteiger partial charge in [-0.25, -0.2) is 14.5 Å². The Balaban J connectivity index is 2.09. The van der Waals surface area contributed by atoms with Crippen LogP contribution in [0.4, 0.5) is 4.79 Å². The van der Waals surface area contributed by atoms with Crippen LogP contribution in [0.15, 0.2) is 18.2 Å². The van der Waals surface area contributed by atoms with Crippen LogP contribution in [0.1, 0.15) is 15.9 Å². The van der Waals surface area contributed by atoms with E-state index in [4.69, 9.17) is 9.84 Å². The molecule has 0 atom stereocenters. The minimum Gasteiger partial charge on any atom is -0.483 e. The van der Waals surface area contributed by atoms with Crippen molar-refractivity contribution in [1.82, 2.24) is 4.90 Å². The van der Waals surface area contributed by atoms with Gasteiger partial charge in [-0.2, -0.15) is 0 Å². The van der Waals surface area contributed by atoms with E-state index in [1.807, 2.05) is 0 Å². The second-order valence-corrected chi connectivity index (χ2v) is 4.21. The van der Waals surface area contributed by atoms with Gasteiger partial charge in [0.05, 0.1) is 6.54 Å². The van der Waals surface area contributed by atoms with Gasteiger partial charge in [-0.05, 0) is 18.6 Å². The number of carbonyl (C=O) groups is 3. The molecule has 0 aromatic heterocycles. The van der Waals surface area contributed by atoms with Crippen molar-refractivity contribution in [3.8, 4) is 5.75 Å². The predicted octanol–water partition coefficient (Wildman–Crippen LogP) is 1.05. The summed E-state index contributed by atoms with van der Waals surface area (Å²) in [4.78, 5) is 35.0. The molecule has 1 saturated heterocycles. The largest absolute Gasteiger partial charge is 0.483 e. The quantitative estimate of drug-likeness (QED) is 0.885. The van der Waals surface area contributed by atoms with Gasteiger partial charge in [0, 0.05) is 0 Å². The Labute approximate surface area is 114 Å². The van der Waals surface area contributed by atoms with Crippen molar-refractivity contribution in [2.45, 2.75) is 6.92 Å². The van der Waals surface area contributed by atoms with Crippen LogP contribution in [-0.2, 0) is 9.53 Å². The number of imide groups is 1. The van der Waals surface area contributed by atoms with Crippen molar-refractivity contribution >= 4 is 18.0 Å². The first-order chi connectivity index (χ1) is 9.50. The van der Waals surface area contributed by atoms with Crippen LogP contribution in [0.2, 0.25) is 0 Å². The number of carboxylic acids is 1. The van der Waals surface area contributed by atoms with Crippen LogP contribution in [0.5, 0.6) is 5.75 Å². The number of nitrogens with zero attached hydrogens (tertiary/aromatic N) is 1. The molecule has 0 bridgehead atoms. The van der Waals surface area contributed by atoms with Gasteiger partial charge in [0.2, 0.25) is 0 Å². The van der Waals surface area contributed by atoms with Gasteiger partial charge in [-0.15, -0.1) is 0 Å². The highest BCUT2D eigenvalue weighted by Gasteiger charge is 2.29. The van der Waals surface area contributed by atoms with Crippen LogP contribution in [0, 0.1) is 6.92 Å². The smallest absolute Gasteiger partial charge is 0.416 e. The number of cyclic esters (lactones) is 1. The first-order valence-electron chi connectivity index (χ1n) is 5.93. The molecule has 1 aliphatic rings. The Hall–Kier alpha value is -2.57. The average molecular weight is 279 g/mol. The summed E-state index contributed by atoms with van der Waals surface area (Å²) in [7, 11) is 0. The van der Waals surface area contributed by atoms with Crippen LogP contribution in [0.3, 0.4) is 0 Å². The number of aromatic carboxylic acids is 1. The third-order valence-corrected chi connectivity index (χ3v) is 2.84.